The van der Waals surface area contributed by atoms with E-state index >= 15 is 0 Å². The number of aromatic nitrogens is 2. The van der Waals surface area contributed by atoms with Crippen LogP contribution in [0.4, 0.5) is 11.8 Å². The van der Waals surface area contributed by atoms with E-state index < -0.39 is 0 Å². The fraction of sp³-hybridized carbons (Fsp3) is 0.636. The summed E-state index contributed by atoms with van der Waals surface area (Å²) in [5.41, 5.74) is 5.75. The predicted molar refractivity (Wildman–Crippen MR) is 71.0 cm³/mol. The lowest BCUT2D eigenvalue weighted by atomic mass is 10.2. The molecule has 0 aromatic carbocycles. The Morgan fingerprint density at radius 2 is 2.18 bits per heavy atom. The number of rotatable bonds is 1. The average Bonchev–Trinajstić information content (AvgIpc) is 2.74. The first-order valence-corrected chi connectivity index (χ1v) is 6.81. The van der Waals surface area contributed by atoms with Crippen LogP contribution in [0.1, 0.15) is 12.8 Å². The van der Waals surface area contributed by atoms with Gasteiger partial charge in [0.15, 0.2) is 0 Å². The highest BCUT2D eigenvalue weighted by atomic mass is 79.9. The van der Waals surface area contributed by atoms with Gasteiger partial charge in [-0.25, -0.2) is 4.98 Å². The van der Waals surface area contributed by atoms with Crippen LogP contribution in [-0.2, 0) is 0 Å². The van der Waals surface area contributed by atoms with Gasteiger partial charge in [0.25, 0.3) is 0 Å². The monoisotopic (exact) mass is 297 g/mol. The molecular formula is C11H16BrN5. The third-order valence-corrected chi connectivity index (χ3v) is 3.98. The molecular weight excluding hydrogens is 282 g/mol. The molecule has 92 valence electrons. The molecule has 1 aromatic heterocycles. The largest absolute Gasteiger partial charge is 0.383 e. The molecule has 0 aliphatic carbocycles. The van der Waals surface area contributed by atoms with Crippen LogP contribution in [0.15, 0.2) is 10.7 Å². The summed E-state index contributed by atoms with van der Waals surface area (Å²) in [4.78, 5) is 13.5. The SMILES string of the molecule is Nc1cc(Br)nc(N2CCN3CCCC3C2)n1. The van der Waals surface area contributed by atoms with E-state index in [0.717, 1.165) is 30.2 Å². The van der Waals surface area contributed by atoms with Crippen LogP contribution in [0.25, 0.3) is 0 Å². The van der Waals surface area contributed by atoms with E-state index in [2.05, 4.69) is 35.7 Å². The summed E-state index contributed by atoms with van der Waals surface area (Å²) in [6, 6.07) is 2.41. The van der Waals surface area contributed by atoms with Gasteiger partial charge in [-0.15, -0.1) is 0 Å². The summed E-state index contributed by atoms with van der Waals surface area (Å²) in [6.07, 6.45) is 2.61. The molecule has 2 fully saturated rings. The van der Waals surface area contributed by atoms with Crippen molar-refractivity contribution in [1.82, 2.24) is 14.9 Å². The Labute approximate surface area is 109 Å². The Morgan fingerprint density at radius 1 is 1.29 bits per heavy atom. The van der Waals surface area contributed by atoms with Crippen molar-refractivity contribution in [3.05, 3.63) is 10.7 Å². The lowest BCUT2D eigenvalue weighted by molar-refractivity contribution is 0.229. The highest BCUT2D eigenvalue weighted by molar-refractivity contribution is 9.10. The van der Waals surface area contributed by atoms with Gasteiger partial charge in [0.05, 0.1) is 0 Å². The van der Waals surface area contributed by atoms with Gasteiger partial charge < -0.3 is 10.6 Å². The molecule has 17 heavy (non-hydrogen) atoms. The number of piperazine rings is 1. The molecule has 1 unspecified atom stereocenters. The van der Waals surface area contributed by atoms with Crippen molar-refractivity contribution in [1.29, 1.82) is 0 Å². The van der Waals surface area contributed by atoms with Crippen LogP contribution in [0.2, 0.25) is 0 Å². The second-order valence-corrected chi connectivity index (χ2v) is 5.51. The van der Waals surface area contributed by atoms with Crippen molar-refractivity contribution in [3.63, 3.8) is 0 Å². The Hall–Kier alpha value is -0.880. The fourth-order valence-corrected chi connectivity index (χ4v) is 3.13. The summed E-state index contributed by atoms with van der Waals surface area (Å²) >= 11 is 3.37. The zero-order valence-corrected chi connectivity index (χ0v) is 11.2. The number of anilines is 2. The average molecular weight is 298 g/mol. The standard InChI is InChI=1S/C11H16BrN5/c12-9-6-10(13)15-11(14-9)17-5-4-16-3-1-2-8(16)7-17/h6,8H,1-5,7H2,(H2,13,14,15). The maximum atomic E-state index is 5.75. The van der Waals surface area contributed by atoms with Crippen LogP contribution in [0.3, 0.4) is 0 Å². The van der Waals surface area contributed by atoms with Gasteiger partial charge in [-0.05, 0) is 35.3 Å². The van der Waals surface area contributed by atoms with E-state index in [0.29, 0.717) is 11.9 Å². The lowest BCUT2D eigenvalue weighted by Gasteiger charge is -2.37. The van der Waals surface area contributed by atoms with Gasteiger partial charge >= 0.3 is 0 Å². The minimum absolute atomic E-state index is 0.524. The highest BCUT2D eigenvalue weighted by Crippen LogP contribution is 2.24. The quantitative estimate of drug-likeness (QED) is 0.787. The van der Waals surface area contributed by atoms with Crippen molar-refractivity contribution in [2.45, 2.75) is 18.9 Å². The molecule has 3 rings (SSSR count). The lowest BCUT2D eigenvalue weighted by Crippen LogP contribution is -2.50. The minimum Gasteiger partial charge on any atom is -0.383 e. The number of fused-ring (bicyclic) bond motifs is 1. The van der Waals surface area contributed by atoms with Gasteiger partial charge in [-0.3, -0.25) is 4.90 Å². The number of nitrogens with two attached hydrogens (primary N) is 1. The minimum atomic E-state index is 0.524. The summed E-state index contributed by atoms with van der Waals surface area (Å²) in [5.74, 6) is 1.28. The molecule has 2 aliphatic heterocycles. The molecule has 1 aromatic rings. The molecule has 2 N–H and O–H groups in total. The normalized spacial score (nSPS) is 25.0. The fourth-order valence-electron chi connectivity index (χ4n) is 2.74. The van der Waals surface area contributed by atoms with Crippen molar-refractivity contribution >= 4 is 27.7 Å². The van der Waals surface area contributed by atoms with E-state index in [4.69, 9.17) is 5.73 Å². The first-order valence-electron chi connectivity index (χ1n) is 6.01. The zero-order chi connectivity index (χ0) is 11.8. The second-order valence-electron chi connectivity index (χ2n) is 4.69. The number of nitrogens with zero attached hydrogens (tertiary/aromatic N) is 4. The van der Waals surface area contributed by atoms with Crippen LogP contribution < -0.4 is 10.6 Å². The number of hydrogen-bond acceptors (Lipinski definition) is 5. The first-order chi connectivity index (χ1) is 8.22. The van der Waals surface area contributed by atoms with E-state index in [1.807, 2.05) is 0 Å². The van der Waals surface area contributed by atoms with Crippen molar-refractivity contribution in [3.8, 4) is 0 Å². The van der Waals surface area contributed by atoms with Gasteiger partial charge in [0.2, 0.25) is 5.95 Å². The van der Waals surface area contributed by atoms with Crippen molar-refractivity contribution in [2.75, 3.05) is 36.8 Å². The first kappa shape index (κ1) is 11.2. The Kier molecular flexibility index (Phi) is 2.92. The van der Waals surface area contributed by atoms with Gasteiger partial charge in [-0.1, -0.05) is 0 Å². The van der Waals surface area contributed by atoms with Gasteiger partial charge in [-0.2, -0.15) is 4.98 Å². The van der Waals surface area contributed by atoms with E-state index in [9.17, 15) is 0 Å². The molecule has 5 nitrogen and oxygen atoms in total. The van der Waals surface area contributed by atoms with Crippen LogP contribution in [-0.4, -0.2) is 47.1 Å². The molecule has 0 radical (unpaired) electrons. The van der Waals surface area contributed by atoms with E-state index in [-0.39, 0.29) is 0 Å². The maximum absolute atomic E-state index is 5.75. The zero-order valence-electron chi connectivity index (χ0n) is 9.64. The summed E-state index contributed by atoms with van der Waals surface area (Å²) in [5, 5.41) is 0. The second kappa shape index (κ2) is 4.42. The van der Waals surface area contributed by atoms with Crippen LogP contribution in [0, 0.1) is 0 Å². The number of nitrogen functional groups attached to an aromatic ring is 1. The Balaban J connectivity index is 1.80. The van der Waals surface area contributed by atoms with Crippen LogP contribution in [0.5, 0.6) is 0 Å². The predicted octanol–water partition coefficient (Wildman–Crippen LogP) is 1.11. The molecule has 0 bridgehead atoms. The molecule has 0 amide bonds. The third-order valence-electron chi connectivity index (χ3n) is 3.57. The number of halogens is 1. The molecule has 0 spiro atoms. The highest BCUT2D eigenvalue weighted by Gasteiger charge is 2.31. The molecule has 3 heterocycles. The molecule has 6 heteroatoms. The van der Waals surface area contributed by atoms with E-state index in [1.165, 1.54) is 19.4 Å². The van der Waals surface area contributed by atoms with Crippen molar-refractivity contribution in [2.24, 2.45) is 0 Å². The summed E-state index contributed by atoms with van der Waals surface area (Å²) in [6.45, 7) is 4.38. The maximum Gasteiger partial charge on any atom is 0.228 e. The summed E-state index contributed by atoms with van der Waals surface area (Å²) < 4.78 is 0.758. The molecule has 1 atom stereocenters. The number of hydrogen-bond donors (Lipinski definition) is 1. The van der Waals surface area contributed by atoms with Gasteiger partial charge in [0, 0.05) is 31.7 Å². The van der Waals surface area contributed by atoms with Crippen LogP contribution >= 0.6 is 15.9 Å². The smallest absolute Gasteiger partial charge is 0.228 e. The molecule has 2 saturated heterocycles. The van der Waals surface area contributed by atoms with Gasteiger partial charge in [0.1, 0.15) is 10.4 Å². The van der Waals surface area contributed by atoms with E-state index in [1.54, 1.807) is 6.07 Å². The molecule has 0 saturated carbocycles. The van der Waals surface area contributed by atoms with Crippen molar-refractivity contribution < 1.29 is 0 Å². The summed E-state index contributed by atoms with van der Waals surface area (Å²) in [7, 11) is 0. The third kappa shape index (κ3) is 2.24. The topological polar surface area (TPSA) is 58.3 Å². The molecule has 2 aliphatic rings. The Morgan fingerprint density at radius 3 is 3.00 bits per heavy atom. The Bertz CT molecular complexity index is 404.